The standard InChI is InChI=1S/C30H41N3O5/c1-5-37-28-18-27(24-13-14-26(36-4)20(2)29(24)32-28)38-23-12-11-22(16-23)30(35)31-25-17-21(25)10-8-6-7-9-15-33(3)19-34/h8,10,13-14,18-19,21-23,25H,5-7,9,11-12,15-17H2,1-4H3,(H,31,35)/b10-8-/t21-,22+,23+,25-/m1/s1. The van der Waals surface area contributed by atoms with Crippen molar-refractivity contribution in [1.82, 2.24) is 15.2 Å². The van der Waals surface area contributed by atoms with Gasteiger partial charge < -0.3 is 24.4 Å². The lowest BCUT2D eigenvalue weighted by Gasteiger charge is -2.18. The van der Waals surface area contributed by atoms with Crippen molar-refractivity contribution in [1.29, 1.82) is 0 Å². The Morgan fingerprint density at radius 2 is 2.05 bits per heavy atom. The van der Waals surface area contributed by atoms with Crippen molar-refractivity contribution < 1.29 is 23.8 Å². The minimum atomic E-state index is -0.0265. The van der Waals surface area contributed by atoms with E-state index in [9.17, 15) is 9.59 Å². The Morgan fingerprint density at radius 3 is 2.82 bits per heavy atom. The summed E-state index contributed by atoms with van der Waals surface area (Å²) in [7, 11) is 3.46. The number of nitrogens with zero attached hydrogens (tertiary/aromatic N) is 2. The molecule has 0 spiro atoms. The average Bonchev–Trinajstić information content (AvgIpc) is 3.47. The molecule has 2 aromatic rings. The van der Waals surface area contributed by atoms with Crippen LogP contribution in [0.2, 0.25) is 0 Å². The topological polar surface area (TPSA) is 90.0 Å². The Hall–Kier alpha value is -3.29. The summed E-state index contributed by atoms with van der Waals surface area (Å²) in [6.07, 6.45) is 11.7. The quantitative estimate of drug-likeness (QED) is 0.217. The SMILES string of the molecule is CCOc1cc(O[C@H]2CC[C@H](C(=O)N[C@@H]3C[C@H]3/C=C\CCCCN(C)C=O)C2)c2ccc(OC)c(C)c2n1. The third kappa shape index (κ3) is 6.97. The first-order valence-corrected chi connectivity index (χ1v) is 13.8. The van der Waals surface area contributed by atoms with Gasteiger partial charge in [0.25, 0.3) is 0 Å². The van der Waals surface area contributed by atoms with Crippen molar-refractivity contribution in [3.63, 3.8) is 0 Å². The molecule has 8 heteroatoms. The molecule has 2 amide bonds. The molecule has 1 aromatic heterocycles. The van der Waals surface area contributed by atoms with Crippen LogP contribution in [0, 0.1) is 18.8 Å². The number of nitrogens with one attached hydrogen (secondary N) is 1. The number of allylic oxidation sites excluding steroid dienone is 1. The normalized spacial score (nSPS) is 22.4. The lowest BCUT2D eigenvalue weighted by atomic mass is 10.1. The van der Waals surface area contributed by atoms with Gasteiger partial charge >= 0.3 is 0 Å². The largest absolute Gasteiger partial charge is 0.496 e. The maximum atomic E-state index is 12.9. The molecule has 2 aliphatic carbocycles. The third-order valence-corrected chi connectivity index (χ3v) is 7.55. The summed E-state index contributed by atoms with van der Waals surface area (Å²) >= 11 is 0. The van der Waals surface area contributed by atoms with Gasteiger partial charge in [-0.3, -0.25) is 9.59 Å². The van der Waals surface area contributed by atoms with E-state index in [-0.39, 0.29) is 24.0 Å². The molecule has 8 nitrogen and oxygen atoms in total. The molecule has 4 atom stereocenters. The number of pyridine rings is 1. The van der Waals surface area contributed by atoms with E-state index in [1.165, 1.54) is 0 Å². The van der Waals surface area contributed by atoms with E-state index in [0.717, 1.165) is 79.4 Å². The summed E-state index contributed by atoms with van der Waals surface area (Å²) in [5, 5.41) is 4.16. The van der Waals surface area contributed by atoms with Crippen LogP contribution in [0.15, 0.2) is 30.4 Å². The number of carbonyl (C=O) groups is 2. The van der Waals surface area contributed by atoms with Crippen molar-refractivity contribution in [2.24, 2.45) is 11.8 Å². The molecule has 2 aliphatic rings. The maximum absolute atomic E-state index is 12.9. The van der Waals surface area contributed by atoms with E-state index in [2.05, 4.69) is 22.5 Å². The summed E-state index contributed by atoms with van der Waals surface area (Å²) in [6, 6.07) is 6.01. The molecule has 0 bridgehead atoms. The number of fused-ring (bicyclic) bond motifs is 1. The predicted molar refractivity (Wildman–Crippen MR) is 148 cm³/mol. The predicted octanol–water partition coefficient (Wildman–Crippen LogP) is 4.82. The van der Waals surface area contributed by atoms with Crippen LogP contribution in [-0.4, -0.2) is 61.7 Å². The fourth-order valence-electron chi connectivity index (χ4n) is 5.20. The molecule has 1 aromatic carbocycles. The van der Waals surface area contributed by atoms with Gasteiger partial charge in [0.2, 0.25) is 18.2 Å². The van der Waals surface area contributed by atoms with Crippen LogP contribution in [0.4, 0.5) is 0 Å². The molecule has 206 valence electrons. The number of unbranched alkanes of at least 4 members (excludes halogenated alkanes) is 2. The van der Waals surface area contributed by atoms with E-state index in [1.807, 2.05) is 32.0 Å². The number of amides is 2. The van der Waals surface area contributed by atoms with E-state index in [0.29, 0.717) is 24.8 Å². The lowest BCUT2D eigenvalue weighted by molar-refractivity contribution is -0.125. The monoisotopic (exact) mass is 523 g/mol. The maximum Gasteiger partial charge on any atom is 0.223 e. The van der Waals surface area contributed by atoms with Crippen molar-refractivity contribution in [3.05, 3.63) is 35.9 Å². The van der Waals surface area contributed by atoms with Crippen molar-refractivity contribution in [2.45, 2.75) is 70.9 Å². The van der Waals surface area contributed by atoms with E-state index >= 15 is 0 Å². The third-order valence-electron chi connectivity index (χ3n) is 7.55. The zero-order valence-corrected chi connectivity index (χ0v) is 23.1. The van der Waals surface area contributed by atoms with Crippen LogP contribution in [-0.2, 0) is 9.59 Å². The molecule has 0 saturated heterocycles. The molecule has 0 aliphatic heterocycles. The molecule has 0 radical (unpaired) electrons. The van der Waals surface area contributed by atoms with Gasteiger partial charge in [0.15, 0.2) is 0 Å². The highest BCUT2D eigenvalue weighted by atomic mass is 16.5. The Bertz CT molecular complexity index is 1150. The summed E-state index contributed by atoms with van der Waals surface area (Å²) in [4.78, 5) is 29.9. The van der Waals surface area contributed by atoms with Gasteiger partial charge in [0, 0.05) is 42.6 Å². The molecular weight excluding hydrogens is 482 g/mol. The first-order chi connectivity index (χ1) is 18.4. The molecular formula is C30H41N3O5. The molecule has 2 fully saturated rings. The molecule has 2 saturated carbocycles. The molecule has 38 heavy (non-hydrogen) atoms. The molecule has 1 heterocycles. The van der Waals surface area contributed by atoms with Gasteiger partial charge in [0.05, 0.1) is 25.3 Å². The number of hydrogen-bond donors (Lipinski definition) is 1. The second kappa shape index (κ2) is 13.0. The van der Waals surface area contributed by atoms with E-state index < -0.39 is 0 Å². The van der Waals surface area contributed by atoms with Crippen LogP contribution in [0.5, 0.6) is 17.4 Å². The Labute approximate surface area is 225 Å². The number of hydrogen-bond acceptors (Lipinski definition) is 6. The second-order valence-corrected chi connectivity index (χ2v) is 10.5. The minimum absolute atomic E-state index is 0.0265. The summed E-state index contributed by atoms with van der Waals surface area (Å²) in [5.74, 6) is 2.59. The van der Waals surface area contributed by atoms with Gasteiger partial charge in [-0.2, -0.15) is 0 Å². The number of aromatic nitrogens is 1. The molecule has 0 unspecified atom stereocenters. The van der Waals surface area contributed by atoms with Gasteiger partial charge in [-0.15, -0.1) is 0 Å². The summed E-state index contributed by atoms with van der Waals surface area (Å²) < 4.78 is 17.6. The van der Waals surface area contributed by atoms with Gasteiger partial charge in [-0.1, -0.05) is 12.2 Å². The Balaban J connectivity index is 1.28. The first-order valence-electron chi connectivity index (χ1n) is 13.8. The van der Waals surface area contributed by atoms with Gasteiger partial charge in [0.1, 0.15) is 11.5 Å². The van der Waals surface area contributed by atoms with Crippen LogP contribution in [0.25, 0.3) is 10.9 Å². The summed E-state index contributed by atoms with van der Waals surface area (Å²) in [5.41, 5.74) is 1.75. The van der Waals surface area contributed by atoms with E-state index in [1.54, 1.807) is 19.1 Å². The number of ether oxygens (including phenoxy) is 3. The van der Waals surface area contributed by atoms with Crippen molar-refractivity contribution in [2.75, 3.05) is 27.3 Å². The first kappa shape index (κ1) is 27.7. The summed E-state index contributed by atoms with van der Waals surface area (Å²) in [6.45, 7) is 5.23. The highest BCUT2D eigenvalue weighted by Crippen LogP contribution is 2.38. The van der Waals surface area contributed by atoms with Crippen LogP contribution in [0.1, 0.15) is 57.4 Å². The van der Waals surface area contributed by atoms with E-state index in [4.69, 9.17) is 14.2 Å². The highest BCUT2D eigenvalue weighted by Gasteiger charge is 2.39. The number of carbonyl (C=O) groups excluding carboxylic acids is 2. The fourth-order valence-corrected chi connectivity index (χ4v) is 5.20. The number of aryl methyl sites for hydroxylation is 1. The fraction of sp³-hybridized carbons (Fsp3) is 0.567. The van der Waals surface area contributed by atoms with Crippen LogP contribution >= 0.6 is 0 Å². The lowest BCUT2D eigenvalue weighted by Crippen LogP contribution is -2.32. The minimum Gasteiger partial charge on any atom is -0.496 e. The highest BCUT2D eigenvalue weighted by molar-refractivity contribution is 5.90. The number of methoxy groups -OCH3 is 1. The molecule has 1 N–H and O–H groups in total. The van der Waals surface area contributed by atoms with Crippen LogP contribution in [0.3, 0.4) is 0 Å². The second-order valence-electron chi connectivity index (χ2n) is 10.5. The zero-order valence-electron chi connectivity index (χ0n) is 23.1. The number of benzene rings is 1. The van der Waals surface area contributed by atoms with Crippen molar-refractivity contribution >= 4 is 23.2 Å². The smallest absolute Gasteiger partial charge is 0.223 e. The van der Waals surface area contributed by atoms with Crippen LogP contribution < -0.4 is 19.5 Å². The Kier molecular flexibility index (Phi) is 9.48. The number of rotatable bonds is 14. The van der Waals surface area contributed by atoms with Gasteiger partial charge in [-0.05, 0) is 76.8 Å². The van der Waals surface area contributed by atoms with Gasteiger partial charge in [-0.25, -0.2) is 4.98 Å². The zero-order chi connectivity index (χ0) is 27.1. The Morgan fingerprint density at radius 1 is 1.21 bits per heavy atom. The molecule has 4 rings (SSSR count). The van der Waals surface area contributed by atoms with Crippen molar-refractivity contribution in [3.8, 4) is 17.4 Å². The average molecular weight is 524 g/mol.